The first-order valence-electron chi connectivity index (χ1n) is 9.42. The summed E-state index contributed by atoms with van der Waals surface area (Å²) in [7, 11) is 7.25. The van der Waals surface area contributed by atoms with E-state index in [1.165, 1.54) is 0 Å². The lowest BCUT2D eigenvalue weighted by Crippen LogP contribution is -2.57. The molecule has 0 atom stereocenters. The summed E-state index contributed by atoms with van der Waals surface area (Å²) in [6.07, 6.45) is 1.74. The number of methoxy groups -OCH3 is 2. The topological polar surface area (TPSA) is 76.7 Å². The number of fused-ring (bicyclic) bond motifs is 1. The Balaban J connectivity index is 1.93. The van der Waals surface area contributed by atoms with Crippen molar-refractivity contribution in [3.8, 4) is 22.8 Å². The number of rotatable bonds is 5. The molecule has 2 N–H and O–H groups in total. The van der Waals surface area contributed by atoms with Gasteiger partial charge < -0.3 is 25.0 Å². The number of nitrogens with two attached hydrogens (primary N) is 1. The minimum absolute atomic E-state index is 0.374. The molecule has 4 rings (SSSR count). The zero-order valence-electron chi connectivity index (χ0n) is 17.2. The molecule has 0 aliphatic carbocycles. The average molecular weight is 448 g/mol. The van der Waals surface area contributed by atoms with Gasteiger partial charge in [-0.1, -0.05) is 23.2 Å². The number of ether oxygens (including phenoxy) is 2. The zero-order valence-corrected chi connectivity index (χ0v) is 18.8. The number of nitrogens with zero attached hydrogens (tertiary/aromatic N) is 4. The van der Waals surface area contributed by atoms with Gasteiger partial charge >= 0.3 is 0 Å². The second-order valence-electron chi connectivity index (χ2n) is 7.47. The molecule has 0 unspecified atom stereocenters. The molecule has 9 heteroatoms. The third-order valence-electron chi connectivity index (χ3n) is 5.44. The van der Waals surface area contributed by atoms with Gasteiger partial charge in [0.2, 0.25) is 0 Å². The predicted molar refractivity (Wildman–Crippen MR) is 122 cm³/mol. The largest absolute Gasteiger partial charge is 0.495 e. The maximum absolute atomic E-state index is 6.64. The van der Waals surface area contributed by atoms with Gasteiger partial charge in [0.05, 0.1) is 30.0 Å². The van der Waals surface area contributed by atoms with Crippen molar-refractivity contribution in [3.05, 3.63) is 34.4 Å². The Bertz CT molecular complexity index is 1090. The molecule has 0 bridgehead atoms. The zero-order chi connectivity index (χ0) is 21.6. The number of aromatic nitrogens is 2. The van der Waals surface area contributed by atoms with Gasteiger partial charge in [0, 0.05) is 47.7 Å². The van der Waals surface area contributed by atoms with Gasteiger partial charge in [0.15, 0.2) is 0 Å². The number of pyridine rings is 2. The van der Waals surface area contributed by atoms with E-state index in [4.69, 9.17) is 43.4 Å². The van der Waals surface area contributed by atoms with Crippen LogP contribution in [0, 0.1) is 0 Å². The normalized spacial score (nSPS) is 14.3. The summed E-state index contributed by atoms with van der Waals surface area (Å²) in [6, 6.07) is 5.88. The van der Waals surface area contributed by atoms with Crippen LogP contribution in [0.1, 0.15) is 0 Å². The van der Waals surface area contributed by atoms with E-state index < -0.39 is 0 Å². The van der Waals surface area contributed by atoms with Gasteiger partial charge in [-0.15, -0.1) is 0 Å². The highest BCUT2D eigenvalue weighted by Gasteiger charge is 2.31. The van der Waals surface area contributed by atoms with E-state index in [9.17, 15) is 0 Å². The molecular weight excluding hydrogens is 425 g/mol. The molecule has 3 aromatic rings. The molecule has 30 heavy (non-hydrogen) atoms. The van der Waals surface area contributed by atoms with Crippen LogP contribution >= 0.6 is 23.2 Å². The number of hydrogen-bond donors (Lipinski definition) is 1. The van der Waals surface area contributed by atoms with E-state index in [2.05, 4.69) is 28.9 Å². The van der Waals surface area contributed by atoms with E-state index in [1.807, 2.05) is 12.1 Å². The first-order chi connectivity index (χ1) is 14.3. The van der Waals surface area contributed by atoms with E-state index in [1.54, 1.807) is 26.5 Å². The molecule has 1 aromatic carbocycles. The van der Waals surface area contributed by atoms with Crippen molar-refractivity contribution >= 4 is 45.6 Å². The lowest BCUT2D eigenvalue weighted by molar-refractivity contribution is 0.246. The van der Waals surface area contributed by atoms with Gasteiger partial charge in [-0.05, 0) is 26.2 Å². The van der Waals surface area contributed by atoms with E-state index in [0.717, 1.165) is 29.7 Å². The van der Waals surface area contributed by atoms with Crippen LogP contribution < -0.4 is 20.1 Å². The Morgan fingerprint density at radius 2 is 1.70 bits per heavy atom. The standard InChI is InChI=1S/C21H23Cl2N5O2/c1-27(2)12-9-28(10-12)21-13-6-17(24)25-8-11(13)5-14(26-21)18-19(22)15(29-3)7-16(30-4)20(18)23/h5-8,12H,9-10H2,1-4H3,(H2,24,25). The van der Waals surface area contributed by atoms with Crippen LogP contribution in [0.4, 0.5) is 11.6 Å². The quantitative estimate of drug-likeness (QED) is 0.633. The molecule has 0 amide bonds. The molecule has 2 aromatic heterocycles. The number of halogens is 2. The number of benzene rings is 1. The summed E-state index contributed by atoms with van der Waals surface area (Å²) in [5.41, 5.74) is 7.13. The van der Waals surface area contributed by atoms with Crippen LogP contribution in [-0.4, -0.2) is 62.3 Å². The van der Waals surface area contributed by atoms with Gasteiger partial charge in [0.1, 0.15) is 23.1 Å². The monoisotopic (exact) mass is 447 g/mol. The molecule has 1 saturated heterocycles. The number of hydrogen-bond acceptors (Lipinski definition) is 7. The lowest BCUT2D eigenvalue weighted by Gasteiger charge is -2.44. The molecule has 7 nitrogen and oxygen atoms in total. The summed E-state index contributed by atoms with van der Waals surface area (Å²) in [4.78, 5) is 13.6. The van der Waals surface area contributed by atoms with Crippen LogP contribution in [0.2, 0.25) is 10.0 Å². The number of anilines is 2. The first kappa shape index (κ1) is 20.8. The van der Waals surface area contributed by atoms with Crippen LogP contribution in [-0.2, 0) is 0 Å². The highest BCUT2D eigenvalue weighted by Crippen LogP contribution is 2.46. The molecule has 1 aliphatic heterocycles. The minimum atomic E-state index is 0.374. The fourth-order valence-electron chi connectivity index (χ4n) is 3.58. The van der Waals surface area contributed by atoms with Gasteiger partial charge in [-0.25, -0.2) is 9.97 Å². The van der Waals surface area contributed by atoms with Crippen molar-refractivity contribution in [3.63, 3.8) is 0 Å². The Kier molecular flexibility index (Phi) is 5.53. The Morgan fingerprint density at radius 1 is 1.07 bits per heavy atom. The summed E-state index contributed by atoms with van der Waals surface area (Å²) in [6.45, 7) is 1.73. The molecule has 1 fully saturated rings. The fraction of sp³-hybridized carbons (Fsp3) is 0.333. The van der Waals surface area contributed by atoms with Crippen molar-refractivity contribution in [1.29, 1.82) is 0 Å². The van der Waals surface area contributed by atoms with Crippen molar-refractivity contribution < 1.29 is 9.47 Å². The van der Waals surface area contributed by atoms with Gasteiger partial charge in [-0.2, -0.15) is 0 Å². The summed E-state index contributed by atoms with van der Waals surface area (Å²) >= 11 is 13.3. The molecule has 3 heterocycles. The van der Waals surface area contributed by atoms with Gasteiger partial charge in [0.25, 0.3) is 0 Å². The smallest absolute Gasteiger partial charge is 0.141 e. The number of nitrogen functional groups attached to an aromatic ring is 1. The third kappa shape index (κ3) is 3.47. The number of likely N-dealkylation sites (N-methyl/N-ethyl adjacent to an activating group) is 1. The molecule has 0 spiro atoms. The SMILES string of the molecule is COc1cc(OC)c(Cl)c(-c2cc3cnc(N)cc3c(N3CC(N(C)C)C3)n2)c1Cl. The van der Waals surface area contributed by atoms with Crippen LogP contribution in [0.3, 0.4) is 0 Å². The highest BCUT2D eigenvalue weighted by atomic mass is 35.5. The van der Waals surface area contributed by atoms with Gasteiger partial charge in [-0.3, -0.25) is 0 Å². The maximum Gasteiger partial charge on any atom is 0.141 e. The Labute approximate surface area is 185 Å². The second kappa shape index (κ2) is 7.98. The average Bonchev–Trinajstić information content (AvgIpc) is 2.67. The maximum atomic E-state index is 6.64. The van der Waals surface area contributed by atoms with Crippen LogP contribution in [0.5, 0.6) is 11.5 Å². The summed E-state index contributed by atoms with van der Waals surface area (Å²) in [5.74, 6) is 2.19. The molecule has 1 aliphatic rings. The predicted octanol–water partition coefficient (Wildman–Crippen LogP) is 3.95. The summed E-state index contributed by atoms with van der Waals surface area (Å²) < 4.78 is 10.8. The molecular formula is C21H23Cl2N5O2. The van der Waals surface area contributed by atoms with Crippen LogP contribution in [0.25, 0.3) is 22.0 Å². The molecule has 0 radical (unpaired) electrons. The second-order valence-corrected chi connectivity index (χ2v) is 8.22. The van der Waals surface area contributed by atoms with E-state index in [-0.39, 0.29) is 0 Å². The minimum Gasteiger partial charge on any atom is -0.495 e. The van der Waals surface area contributed by atoms with Crippen LogP contribution in [0.15, 0.2) is 24.4 Å². The lowest BCUT2D eigenvalue weighted by atomic mass is 10.0. The highest BCUT2D eigenvalue weighted by molar-refractivity contribution is 6.41. The van der Waals surface area contributed by atoms with E-state index >= 15 is 0 Å². The first-order valence-corrected chi connectivity index (χ1v) is 10.2. The Morgan fingerprint density at radius 3 is 2.27 bits per heavy atom. The third-order valence-corrected chi connectivity index (χ3v) is 6.19. The summed E-state index contributed by atoms with van der Waals surface area (Å²) in [5, 5.41) is 2.58. The molecule has 0 saturated carbocycles. The molecule has 158 valence electrons. The Hall–Kier alpha value is -2.48. The van der Waals surface area contributed by atoms with Crippen molar-refractivity contribution in [2.45, 2.75) is 6.04 Å². The fourth-order valence-corrected chi connectivity index (χ4v) is 4.27. The van der Waals surface area contributed by atoms with Crippen molar-refractivity contribution in [2.24, 2.45) is 0 Å². The van der Waals surface area contributed by atoms with Crippen molar-refractivity contribution in [2.75, 3.05) is 52.0 Å². The van der Waals surface area contributed by atoms with Crippen molar-refractivity contribution in [1.82, 2.24) is 14.9 Å². The van der Waals surface area contributed by atoms with E-state index in [0.29, 0.717) is 44.7 Å².